The average Bonchev–Trinajstić information content (AvgIpc) is 2.29. The van der Waals surface area contributed by atoms with Gasteiger partial charge >= 0.3 is 0 Å². The van der Waals surface area contributed by atoms with Gasteiger partial charge in [0, 0.05) is 6.54 Å². The van der Waals surface area contributed by atoms with Crippen molar-refractivity contribution in [3.8, 4) is 0 Å². The zero-order valence-corrected chi connectivity index (χ0v) is 11.5. The summed E-state index contributed by atoms with van der Waals surface area (Å²) in [6, 6.07) is 0. The SMILES string of the molecule is CCC1CCCN(CCCC(C)(C)CN)C1. The lowest BCUT2D eigenvalue weighted by atomic mass is 9.87. The number of piperidine rings is 1. The fraction of sp³-hybridized carbons (Fsp3) is 1.00. The number of nitrogens with zero attached hydrogens (tertiary/aromatic N) is 1. The van der Waals surface area contributed by atoms with Gasteiger partial charge in [0.1, 0.15) is 0 Å². The number of hydrogen-bond acceptors (Lipinski definition) is 2. The predicted molar refractivity (Wildman–Crippen MR) is 71.5 cm³/mol. The Morgan fingerprint density at radius 3 is 2.75 bits per heavy atom. The molecule has 1 rings (SSSR count). The minimum Gasteiger partial charge on any atom is -0.330 e. The maximum atomic E-state index is 5.76. The molecule has 0 radical (unpaired) electrons. The van der Waals surface area contributed by atoms with E-state index in [4.69, 9.17) is 5.73 Å². The van der Waals surface area contributed by atoms with Gasteiger partial charge in [0.25, 0.3) is 0 Å². The molecule has 1 atom stereocenters. The van der Waals surface area contributed by atoms with Crippen LogP contribution < -0.4 is 5.73 Å². The molecule has 1 unspecified atom stereocenters. The second-order valence-electron chi connectivity index (χ2n) is 6.19. The first-order chi connectivity index (χ1) is 7.57. The summed E-state index contributed by atoms with van der Waals surface area (Å²) < 4.78 is 0. The molecule has 1 aliphatic heterocycles. The van der Waals surface area contributed by atoms with Crippen molar-refractivity contribution < 1.29 is 0 Å². The molecule has 1 heterocycles. The Kier molecular flexibility index (Phi) is 5.77. The average molecular weight is 226 g/mol. The third-order valence-corrected chi connectivity index (χ3v) is 4.06. The summed E-state index contributed by atoms with van der Waals surface area (Å²) in [6.07, 6.45) is 6.77. The fourth-order valence-corrected chi connectivity index (χ4v) is 2.57. The van der Waals surface area contributed by atoms with E-state index in [0.29, 0.717) is 5.41 Å². The zero-order chi connectivity index (χ0) is 12.0. The first-order valence-corrected chi connectivity index (χ1v) is 7.00. The standard InChI is InChI=1S/C14H30N2/c1-4-13-7-5-9-16(11-13)10-6-8-14(2,3)12-15/h13H,4-12,15H2,1-3H3. The van der Waals surface area contributed by atoms with Crippen LogP contribution in [0.1, 0.15) is 52.9 Å². The molecule has 0 aromatic carbocycles. The van der Waals surface area contributed by atoms with Crippen molar-refractivity contribution in [2.75, 3.05) is 26.2 Å². The molecule has 16 heavy (non-hydrogen) atoms. The molecule has 1 saturated heterocycles. The van der Waals surface area contributed by atoms with Gasteiger partial charge in [-0.1, -0.05) is 27.2 Å². The molecule has 0 aromatic heterocycles. The lowest BCUT2D eigenvalue weighted by molar-refractivity contribution is 0.162. The summed E-state index contributed by atoms with van der Waals surface area (Å²) in [5.74, 6) is 0.955. The first-order valence-electron chi connectivity index (χ1n) is 7.00. The number of hydrogen-bond donors (Lipinski definition) is 1. The van der Waals surface area contributed by atoms with Crippen LogP contribution in [0.15, 0.2) is 0 Å². The van der Waals surface area contributed by atoms with Crippen molar-refractivity contribution >= 4 is 0 Å². The summed E-state index contributed by atoms with van der Waals surface area (Å²) in [4.78, 5) is 2.66. The van der Waals surface area contributed by atoms with Crippen LogP contribution in [0.5, 0.6) is 0 Å². The predicted octanol–water partition coefficient (Wildman–Crippen LogP) is 2.87. The van der Waals surface area contributed by atoms with Crippen LogP contribution in [0.3, 0.4) is 0 Å². The van der Waals surface area contributed by atoms with Crippen LogP contribution in [-0.2, 0) is 0 Å². The summed E-state index contributed by atoms with van der Waals surface area (Å²) in [6.45, 7) is 11.6. The van der Waals surface area contributed by atoms with Gasteiger partial charge in [-0.05, 0) is 56.7 Å². The molecular formula is C14H30N2. The maximum absolute atomic E-state index is 5.76. The van der Waals surface area contributed by atoms with E-state index < -0.39 is 0 Å². The Balaban J connectivity index is 2.17. The van der Waals surface area contributed by atoms with E-state index in [-0.39, 0.29) is 0 Å². The summed E-state index contributed by atoms with van der Waals surface area (Å²) in [5, 5.41) is 0. The second-order valence-corrected chi connectivity index (χ2v) is 6.19. The van der Waals surface area contributed by atoms with E-state index in [1.165, 1.54) is 51.7 Å². The van der Waals surface area contributed by atoms with Crippen molar-refractivity contribution in [3.63, 3.8) is 0 Å². The van der Waals surface area contributed by atoms with Gasteiger partial charge < -0.3 is 10.6 Å². The number of likely N-dealkylation sites (tertiary alicyclic amines) is 1. The monoisotopic (exact) mass is 226 g/mol. The van der Waals surface area contributed by atoms with Crippen molar-refractivity contribution in [2.24, 2.45) is 17.1 Å². The molecule has 1 aliphatic rings. The summed E-state index contributed by atoms with van der Waals surface area (Å²) in [5.41, 5.74) is 6.09. The van der Waals surface area contributed by atoms with Crippen LogP contribution in [0.25, 0.3) is 0 Å². The molecule has 0 spiro atoms. The third-order valence-electron chi connectivity index (χ3n) is 4.06. The Hall–Kier alpha value is -0.0800. The summed E-state index contributed by atoms with van der Waals surface area (Å²) in [7, 11) is 0. The minimum absolute atomic E-state index is 0.333. The van der Waals surface area contributed by atoms with Crippen LogP contribution in [-0.4, -0.2) is 31.1 Å². The highest BCUT2D eigenvalue weighted by Crippen LogP contribution is 2.23. The molecule has 0 bridgehead atoms. The highest BCUT2D eigenvalue weighted by molar-refractivity contribution is 4.74. The van der Waals surface area contributed by atoms with E-state index in [0.717, 1.165) is 12.5 Å². The molecule has 2 heteroatoms. The van der Waals surface area contributed by atoms with Crippen molar-refractivity contribution in [1.82, 2.24) is 4.90 Å². The zero-order valence-electron chi connectivity index (χ0n) is 11.5. The van der Waals surface area contributed by atoms with Gasteiger partial charge in [-0.15, -0.1) is 0 Å². The Morgan fingerprint density at radius 2 is 2.12 bits per heavy atom. The highest BCUT2D eigenvalue weighted by atomic mass is 15.1. The van der Waals surface area contributed by atoms with Crippen LogP contribution >= 0.6 is 0 Å². The molecular weight excluding hydrogens is 196 g/mol. The van der Waals surface area contributed by atoms with Gasteiger partial charge in [0.2, 0.25) is 0 Å². The number of nitrogens with two attached hydrogens (primary N) is 1. The Labute approximate surface area is 102 Å². The smallest absolute Gasteiger partial charge is 0.000956 e. The molecule has 2 nitrogen and oxygen atoms in total. The fourth-order valence-electron chi connectivity index (χ4n) is 2.57. The first kappa shape index (κ1) is 14.0. The number of rotatable bonds is 6. The molecule has 1 fully saturated rings. The largest absolute Gasteiger partial charge is 0.330 e. The maximum Gasteiger partial charge on any atom is 0.000956 e. The summed E-state index contributed by atoms with van der Waals surface area (Å²) >= 11 is 0. The Morgan fingerprint density at radius 1 is 1.38 bits per heavy atom. The van der Waals surface area contributed by atoms with E-state index in [1.54, 1.807) is 0 Å². The van der Waals surface area contributed by atoms with Crippen LogP contribution in [0.4, 0.5) is 0 Å². The molecule has 0 saturated carbocycles. The van der Waals surface area contributed by atoms with E-state index in [1.807, 2.05) is 0 Å². The van der Waals surface area contributed by atoms with Gasteiger partial charge in [0.05, 0.1) is 0 Å². The molecule has 0 amide bonds. The van der Waals surface area contributed by atoms with E-state index in [9.17, 15) is 0 Å². The van der Waals surface area contributed by atoms with E-state index in [2.05, 4.69) is 25.7 Å². The molecule has 0 aliphatic carbocycles. The Bertz CT molecular complexity index is 189. The minimum atomic E-state index is 0.333. The quantitative estimate of drug-likeness (QED) is 0.754. The van der Waals surface area contributed by atoms with E-state index >= 15 is 0 Å². The second kappa shape index (κ2) is 6.61. The van der Waals surface area contributed by atoms with Gasteiger partial charge in [-0.3, -0.25) is 0 Å². The van der Waals surface area contributed by atoms with Crippen molar-refractivity contribution in [3.05, 3.63) is 0 Å². The topological polar surface area (TPSA) is 29.3 Å². The van der Waals surface area contributed by atoms with Gasteiger partial charge in [0.15, 0.2) is 0 Å². The highest BCUT2D eigenvalue weighted by Gasteiger charge is 2.19. The van der Waals surface area contributed by atoms with Crippen molar-refractivity contribution in [1.29, 1.82) is 0 Å². The van der Waals surface area contributed by atoms with Crippen LogP contribution in [0.2, 0.25) is 0 Å². The van der Waals surface area contributed by atoms with Crippen molar-refractivity contribution in [2.45, 2.75) is 52.9 Å². The third kappa shape index (κ3) is 4.84. The molecule has 0 aromatic rings. The van der Waals surface area contributed by atoms with Gasteiger partial charge in [-0.25, -0.2) is 0 Å². The van der Waals surface area contributed by atoms with Crippen LogP contribution in [0, 0.1) is 11.3 Å². The van der Waals surface area contributed by atoms with Gasteiger partial charge in [-0.2, -0.15) is 0 Å². The normalized spacial score (nSPS) is 23.6. The lowest BCUT2D eigenvalue weighted by Gasteiger charge is -2.33. The molecule has 2 N–H and O–H groups in total. The lowest BCUT2D eigenvalue weighted by Crippen LogP contribution is -2.36. The molecule has 96 valence electrons.